The van der Waals surface area contributed by atoms with E-state index < -0.39 is 14.9 Å². The first kappa shape index (κ1) is 19.9. The molecule has 0 saturated carbocycles. The van der Waals surface area contributed by atoms with E-state index >= 15 is 0 Å². The van der Waals surface area contributed by atoms with Crippen LogP contribution in [0.25, 0.3) is 11.4 Å². The van der Waals surface area contributed by atoms with Gasteiger partial charge in [-0.3, -0.25) is 10.1 Å². The van der Waals surface area contributed by atoms with Crippen LogP contribution >= 0.6 is 11.6 Å². The Kier molecular flexibility index (Phi) is 5.45. The zero-order valence-electron chi connectivity index (χ0n) is 14.9. The van der Waals surface area contributed by atoms with Crippen LogP contribution in [0.15, 0.2) is 51.9 Å². The summed E-state index contributed by atoms with van der Waals surface area (Å²) in [4.78, 5) is 14.3. The monoisotopic (exact) mass is 422 g/mol. The second-order valence-corrected chi connectivity index (χ2v) is 8.38. The number of non-ortho nitro benzene ring substituents is 1. The maximum absolute atomic E-state index is 12.9. The van der Waals surface area contributed by atoms with E-state index in [1.807, 2.05) is 0 Å². The zero-order chi connectivity index (χ0) is 20.5. The van der Waals surface area contributed by atoms with Gasteiger partial charge in [0.05, 0.1) is 21.4 Å². The van der Waals surface area contributed by atoms with Gasteiger partial charge in [-0.1, -0.05) is 35.0 Å². The third-order valence-electron chi connectivity index (χ3n) is 4.01. The average Bonchev–Trinajstić information content (AvgIpc) is 3.10. The van der Waals surface area contributed by atoms with E-state index in [9.17, 15) is 18.5 Å². The molecule has 0 fully saturated rings. The molecule has 0 aliphatic heterocycles. The van der Waals surface area contributed by atoms with E-state index in [1.54, 1.807) is 31.2 Å². The van der Waals surface area contributed by atoms with Crippen LogP contribution in [0.4, 0.5) is 5.69 Å². The topological polar surface area (TPSA) is 119 Å². The van der Waals surface area contributed by atoms with Crippen molar-refractivity contribution in [3.63, 3.8) is 0 Å². The van der Waals surface area contributed by atoms with Gasteiger partial charge in [0.25, 0.3) is 5.69 Å². The van der Waals surface area contributed by atoms with Crippen molar-refractivity contribution in [2.45, 2.75) is 18.4 Å². The molecule has 0 saturated heterocycles. The van der Waals surface area contributed by atoms with Gasteiger partial charge in [-0.2, -0.15) is 9.29 Å². The van der Waals surface area contributed by atoms with Gasteiger partial charge in [-0.05, 0) is 24.6 Å². The molecule has 0 aliphatic rings. The molecule has 9 nitrogen and oxygen atoms in total. The fourth-order valence-electron chi connectivity index (χ4n) is 2.49. The Balaban J connectivity index is 1.87. The van der Waals surface area contributed by atoms with E-state index in [2.05, 4.69) is 10.1 Å². The van der Waals surface area contributed by atoms with Crippen molar-refractivity contribution in [3.05, 3.63) is 69.1 Å². The number of aromatic nitrogens is 2. The van der Waals surface area contributed by atoms with Crippen LogP contribution in [-0.4, -0.2) is 34.8 Å². The SMILES string of the molecule is Cc1ccc([N+](=O)[O-])cc1S(=O)(=O)N(C)Cc1nc(-c2ccccc2Cl)no1. The molecule has 0 atom stereocenters. The first-order valence-corrected chi connectivity index (χ1v) is 9.81. The van der Waals surface area contributed by atoms with Crippen molar-refractivity contribution in [1.82, 2.24) is 14.4 Å². The van der Waals surface area contributed by atoms with Crippen molar-refractivity contribution in [3.8, 4) is 11.4 Å². The Morgan fingerprint density at radius 1 is 1.25 bits per heavy atom. The summed E-state index contributed by atoms with van der Waals surface area (Å²) in [7, 11) is -2.69. The Morgan fingerprint density at radius 3 is 2.64 bits per heavy atom. The first-order valence-electron chi connectivity index (χ1n) is 7.99. The van der Waals surface area contributed by atoms with E-state index in [1.165, 1.54) is 19.2 Å². The molecule has 1 aromatic heterocycles. The Hall–Kier alpha value is -2.82. The van der Waals surface area contributed by atoms with Crippen molar-refractivity contribution < 1.29 is 17.9 Å². The fourth-order valence-corrected chi connectivity index (χ4v) is 4.08. The molecule has 0 bridgehead atoms. The Bertz CT molecular complexity index is 1150. The lowest BCUT2D eigenvalue weighted by Crippen LogP contribution is -2.27. The van der Waals surface area contributed by atoms with Gasteiger partial charge >= 0.3 is 0 Å². The minimum Gasteiger partial charge on any atom is -0.338 e. The van der Waals surface area contributed by atoms with Crippen LogP contribution in [0.5, 0.6) is 0 Å². The second kappa shape index (κ2) is 7.66. The standard InChI is InChI=1S/C17H15ClN4O5S/c1-11-7-8-12(22(23)24)9-15(11)28(25,26)21(2)10-16-19-17(20-27-16)13-5-3-4-6-14(13)18/h3-9H,10H2,1-2H3. The lowest BCUT2D eigenvalue weighted by atomic mass is 10.2. The third-order valence-corrected chi connectivity index (χ3v) is 6.29. The molecule has 0 spiro atoms. The highest BCUT2D eigenvalue weighted by Crippen LogP contribution is 2.27. The molecule has 3 aromatic rings. The first-order chi connectivity index (χ1) is 13.2. The molecular weight excluding hydrogens is 408 g/mol. The average molecular weight is 423 g/mol. The summed E-state index contributed by atoms with van der Waals surface area (Å²) in [5, 5.41) is 15.2. The second-order valence-electron chi connectivity index (χ2n) is 5.96. The van der Waals surface area contributed by atoms with Gasteiger partial charge in [0.1, 0.15) is 0 Å². The highest BCUT2D eigenvalue weighted by Gasteiger charge is 2.27. The minimum atomic E-state index is -4.01. The molecule has 3 rings (SSSR count). The number of benzene rings is 2. The third kappa shape index (κ3) is 3.88. The maximum Gasteiger partial charge on any atom is 0.270 e. The van der Waals surface area contributed by atoms with Crippen molar-refractivity contribution in [1.29, 1.82) is 0 Å². The summed E-state index contributed by atoms with van der Waals surface area (Å²) >= 11 is 6.10. The van der Waals surface area contributed by atoms with E-state index in [0.29, 0.717) is 16.1 Å². The number of sulfonamides is 1. The quantitative estimate of drug-likeness (QED) is 0.440. The van der Waals surface area contributed by atoms with E-state index in [-0.39, 0.29) is 28.8 Å². The summed E-state index contributed by atoms with van der Waals surface area (Å²) in [6.45, 7) is 1.36. The Morgan fingerprint density at radius 2 is 1.96 bits per heavy atom. The summed E-state index contributed by atoms with van der Waals surface area (Å²) in [6, 6.07) is 10.6. The number of aryl methyl sites for hydroxylation is 1. The normalized spacial score (nSPS) is 11.7. The van der Waals surface area contributed by atoms with E-state index in [0.717, 1.165) is 10.4 Å². The van der Waals surface area contributed by atoms with Crippen molar-refractivity contribution >= 4 is 27.3 Å². The largest absolute Gasteiger partial charge is 0.338 e. The van der Waals surface area contributed by atoms with Gasteiger partial charge in [0, 0.05) is 24.7 Å². The number of hydrogen-bond donors (Lipinski definition) is 0. The highest BCUT2D eigenvalue weighted by atomic mass is 35.5. The summed E-state index contributed by atoms with van der Waals surface area (Å²) < 4.78 is 31.8. The molecule has 0 amide bonds. The molecule has 146 valence electrons. The molecule has 0 radical (unpaired) electrons. The van der Waals surface area contributed by atoms with Crippen LogP contribution in [0.1, 0.15) is 11.5 Å². The summed E-state index contributed by atoms with van der Waals surface area (Å²) in [5.74, 6) is 0.294. The number of halogens is 1. The van der Waals surface area contributed by atoms with Gasteiger partial charge < -0.3 is 4.52 Å². The fraction of sp³-hybridized carbons (Fsp3) is 0.176. The molecule has 0 aliphatic carbocycles. The number of rotatable bonds is 6. The molecule has 28 heavy (non-hydrogen) atoms. The van der Waals surface area contributed by atoms with Gasteiger partial charge in [0.15, 0.2) is 0 Å². The number of nitro benzene ring substituents is 1. The van der Waals surface area contributed by atoms with Crippen LogP contribution in [-0.2, 0) is 16.6 Å². The molecule has 1 heterocycles. The van der Waals surface area contributed by atoms with Crippen LogP contribution in [0.3, 0.4) is 0 Å². The number of nitrogens with zero attached hydrogens (tertiary/aromatic N) is 4. The van der Waals surface area contributed by atoms with Crippen LogP contribution in [0.2, 0.25) is 5.02 Å². The summed E-state index contributed by atoms with van der Waals surface area (Å²) in [6.07, 6.45) is 0. The molecule has 0 unspecified atom stereocenters. The highest BCUT2D eigenvalue weighted by molar-refractivity contribution is 7.89. The predicted molar refractivity (Wildman–Crippen MR) is 101 cm³/mol. The predicted octanol–water partition coefficient (Wildman–Crippen LogP) is 3.43. The smallest absolute Gasteiger partial charge is 0.270 e. The lowest BCUT2D eigenvalue weighted by molar-refractivity contribution is -0.385. The molecule has 0 N–H and O–H groups in total. The van der Waals surface area contributed by atoms with Gasteiger partial charge in [-0.15, -0.1) is 0 Å². The lowest BCUT2D eigenvalue weighted by Gasteiger charge is -2.16. The Labute approximate surface area is 165 Å². The zero-order valence-corrected chi connectivity index (χ0v) is 16.4. The number of nitro groups is 1. The van der Waals surface area contributed by atoms with E-state index in [4.69, 9.17) is 16.1 Å². The minimum absolute atomic E-state index is 0.0593. The van der Waals surface area contributed by atoms with Crippen molar-refractivity contribution in [2.24, 2.45) is 0 Å². The molecular formula is C17H15ClN4O5S. The van der Waals surface area contributed by atoms with Crippen molar-refractivity contribution in [2.75, 3.05) is 7.05 Å². The van der Waals surface area contributed by atoms with Gasteiger partial charge in [0.2, 0.25) is 21.7 Å². The van der Waals surface area contributed by atoms with Gasteiger partial charge in [-0.25, -0.2) is 8.42 Å². The molecule has 2 aromatic carbocycles. The molecule has 11 heteroatoms. The van der Waals surface area contributed by atoms with Crippen LogP contribution in [0, 0.1) is 17.0 Å². The van der Waals surface area contributed by atoms with Crippen LogP contribution < -0.4 is 0 Å². The maximum atomic E-state index is 12.9. The summed E-state index contributed by atoms with van der Waals surface area (Å²) in [5.41, 5.74) is 0.635. The number of hydrogen-bond acceptors (Lipinski definition) is 7.